The number of pyridine rings is 1. The number of nitrogens with one attached hydrogen (secondary N) is 2. The molecular weight excluding hydrogens is 780 g/mol. The molecule has 7 rings (SSSR count). The molecule has 0 bridgehead atoms. The van der Waals surface area contributed by atoms with E-state index >= 15 is 0 Å². The molecule has 1 aliphatic carbocycles. The minimum atomic E-state index is -0.974. The Morgan fingerprint density at radius 1 is 1.09 bits per heavy atom. The van der Waals surface area contributed by atoms with E-state index in [4.69, 9.17) is 16.9 Å². The number of fused-ring (bicyclic) bond motifs is 1. The first-order chi connectivity index (χ1) is 27.7. The van der Waals surface area contributed by atoms with Gasteiger partial charge in [-0.25, -0.2) is 9.78 Å². The molecule has 1 unspecified atom stereocenters. The number of rotatable bonds is 11. The second-order valence-corrected chi connectivity index (χ2v) is 18.2. The fraction of sp³-hybridized carbons (Fsp3) is 0.561. The van der Waals surface area contributed by atoms with Gasteiger partial charge in [0.05, 0.1) is 34.4 Å². The molecule has 2 aromatic heterocycles. The number of aromatic nitrogens is 3. The fourth-order valence-corrected chi connectivity index (χ4v) is 10.6. The van der Waals surface area contributed by atoms with E-state index in [1.54, 1.807) is 22.7 Å². The highest BCUT2D eigenvalue weighted by Gasteiger charge is 2.54. The van der Waals surface area contributed by atoms with Gasteiger partial charge < -0.3 is 15.1 Å². The zero-order valence-electron chi connectivity index (χ0n) is 33.7. The second kappa shape index (κ2) is 17.0. The molecule has 0 radical (unpaired) electrons. The van der Waals surface area contributed by atoms with Gasteiger partial charge in [-0.1, -0.05) is 23.7 Å². The number of hydrogen-bond donors (Lipinski definition) is 2. The van der Waals surface area contributed by atoms with Crippen molar-refractivity contribution in [2.45, 2.75) is 114 Å². The van der Waals surface area contributed by atoms with Crippen molar-refractivity contribution in [3.8, 4) is 6.07 Å². The predicted molar refractivity (Wildman–Crippen MR) is 219 cm³/mol. The number of piperazine rings is 1. The lowest BCUT2D eigenvalue weighted by atomic mass is 9.81. The van der Waals surface area contributed by atoms with Gasteiger partial charge in [0.2, 0.25) is 17.7 Å². The highest BCUT2D eigenvalue weighted by Crippen LogP contribution is 2.42. The number of carbonyl (C=O) groups excluding carboxylic acids is 5. The molecule has 5 heterocycles. The molecule has 15 nitrogen and oxygen atoms in total. The standard InChI is InChI=1S/C41H51ClN10O5S/c1-24-21-49(22-25(2)50(24)23-35(54)45-32-10-6-9-29-36(47-48(5)37(29)32)30-15-16-34(53)46-38(30)55)17-7-8-26-11-13-27(14-12-26)51-40(57)52(39(56)41(51,3)4)58-28-18-31(42)33(19-43)44-20-28/h6,9-10,18,20,24-27,30H,7-8,11-17,21-23H2,1-5H3,(H,45,54)(H,46,53,55)/t24-,25+,26?,27?,30?. The molecule has 6 amide bonds. The van der Waals surface area contributed by atoms with Crippen LogP contribution in [0.25, 0.3) is 10.9 Å². The SMILES string of the molecule is C[C@@H]1CN(CCCC2CCC(N3C(=O)N(Sc4cnc(C#N)c(Cl)c4)C(=O)C3(C)C)CC2)C[C@H](C)N1CC(=O)Nc1cccc2c(C3CCC(=O)NC3=O)nn(C)c12. The van der Waals surface area contributed by atoms with E-state index in [1.165, 1.54) is 10.5 Å². The van der Waals surface area contributed by atoms with Gasteiger partial charge in [0.1, 0.15) is 11.6 Å². The van der Waals surface area contributed by atoms with E-state index in [1.807, 2.05) is 38.1 Å². The molecule has 308 valence electrons. The monoisotopic (exact) mass is 830 g/mol. The third-order valence-electron chi connectivity index (χ3n) is 12.3. The van der Waals surface area contributed by atoms with Crippen LogP contribution in [0, 0.1) is 17.2 Å². The number of anilines is 1. The summed E-state index contributed by atoms with van der Waals surface area (Å²) in [5.74, 6) is -0.957. The molecule has 1 aromatic carbocycles. The van der Waals surface area contributed by atoms with Crippen molar-refractivity contribution in [2.24, 2.45) is 13.0 Å². The van der Waals surface area contributed by atoms with E-state index < -0.39 is 11.5 Å². The van der Waals surface area contributed by atoms with Crippen LogP contribution in [0.2, 0.25) is 5.02 Å². The number of aryl methyl sites for hydroxylation is 1. The molecule has 4 aliphatic rings. The molecule has 3 atom stereocenters. The minimum absolute atomic E-state index is 0.0182. The number of para-hydroxylation sites is 1. The van der Waals surface area contributed by atoms with Gasteiger partial charge >= 0.3 is 6.03 Å². The zero-order valence-corrected chi connectivity index (χ0v) is 35.2. The summed E-state index contributed by atoms with van der Waals surface area (Å²) in [4.78, 5) is 76.0. The van der Waals surface area contributed by atoms with Crippen LogP contribution >= 0.6 is 23.5 Å². The van der Waals surface area contributed by atoms with Gasteiger partial charge in [-0.15, -0.1) is 0 Å². The Bertz CT molecular complexity index is 2150. The highest BCUT2D eigenvalue weighted by atomic mass is 35.5. The summed E-state index contributed by atoms with van der Waals surface area (Å²) in [7, 11) is 1.80. The van der Waals surface area contributed by atoms with Gasteiger partial charge in [0.25, 0.3) is 5.91 Å². The largest absolute Gasteiger partial charge is 0.338 e. The van der Waals surface area contributed by atoms with Gasteiger partial charge in [-0.3, -0.25) is 34.1 Å². The molecule has 2 N–H and O–H groups in total. The molecule has 3 aliphatic heterocycles. The molecular formula is C41H51ClN10O5S. The molecule has 17 heteroatoms. The van der Waals surface area contributed by atoms with Crippen molar-refractivity contribution < 1.29 is 24.0 Å². The van der Waals surface area contributed by atoms with Crippen LogP contribution in [0.15, 0.2) is 35.4 Å². The maximum atomic E-state index is 13.7. The van der Waals surface area contributed by atoms with Crippen LogP contribution in [-0.2, 0) is 26.2 Å². The Kier molecular flexibility index (Phi) is 12.2. The molecule has 0 spiro atoms. The Morgan fingerprint density at radius 2 is 1.81 bits per heavy atom. The smallest absolute Gasteiger partial charge is 0.323 e. The third kappa shape index (κ3) is 8.32. The fourth-order valence-electron chi connectivity index (χ4n) is 9.41. The van der Waals surface area contributed by atoms with Crippen molar-refractivity contribution in [2.75, 3.05) is 31.5 Å². The first-order valence-electron chi connectivity index (χ1n) is 20.1. The summed E-state index contributed by atoms with van der Waals surface area (Å²) >= 11 is 7.15. The van der Waals surface area contributed by atoms with Crippen LogP contribution in [0.1, 0.15) is 96.4 Å². The van der Waals surface area contributed by atoms with E-state index in [0.717, 1.165) is 81.0 Å². The minimum Gasteiger partial charge on any atom is -0.323 e. The van der Waals surface area contributed by atoms with Crippen molar-refractivity contribution in [1.82, 2.24) is 39.1 Å². The summed E-state index contributed by atoms with van der Waals surface area (Å²) in [5, 5.41) is 20.3. The summed E-state index contributed by atoms with van der Waals surface area (Å²) in [5.41, 5.74) is 1.11. The maximum Gasteiger partial charge on any atom is 0.338 e. The van der Waals surface area contributed by atoms with Crippen LogP contribution in [0.4, 0.5) is 10.5 Å². The van der Waals surface area contributed by atoms with Crippen LogP contribution in [0.5, 0.6) is 0 Å². The van der Waals surface area contributed by atoms with Gasteiger partial charge in [0, 0.05) is 73.1 Å². The number of nitriles is 1. The number of nitrogens with zero attached hydrogens (tertiary/aromatic N) is 8. The van der Waals surface area contributed by atoms with Gasteiger partial charge in [-0.05, 0) is 97.2 Å². The zero-order chi connectivity index (χ0) is 41.5. The normalized spacial score (nSPS) is 25.6. The molecule has 1 saturated carbocycles. The summed E-state index contributed by atoms with van der Waals surface area (Å²) in [6.07, 6.45) is 8.00. The summed E-state index contributed by atoms with van der Waals surface area (Å²) in [6, 6.07) is 9.10. The molecule has 3 aromatic rings. The van der Waals surface area contributed by atoms with Crippen molar-refractivity contribution in [3.05, 3.63) is 46.9 Å². The summed E-state index contributed by atoms with van der Waals surface area (Å²) in [6.45, 7) is 10.9. The van der Waals surface area contributed by atoms with Gasteiger partial charge in [0.15, 0.2) is 5.69 Å². The van der Waals surface area contributed by atoms with E-state index in [-0.39, 0.29) is 71.5 Å². The Labute approximate surface area is 347 Å². The van der Waals surface area contributed by atoms with Crippen molar-refractivity contribution in [1.29, 1.82) is 5.26 Å². The average Bonchev–Trinajstić information content (AvgIpc) is 3.59. The number of urea groups is 1. The highest BCUT2D eigenvalue weighted by molar-refractivity contribution is 7.98. The topological polar surface area (TPSA) is 177 Å². The van der Waals surface area contributed by atoms with E-state index in [2.05, 4.69) is 44.4 Å². The summed E-state index contributed by atoms with van der Waals surface area (Å²) < 4.78 is 2.89. The number of carbonyl (C=O) groups is 5. The third-order valence-corrected chi connectivity index (χ3v) is 13.5. The van der Waals surface area contributed by atoms with Gasteiger partial charge in [-0.2, -0.15) is 14.7 Å². The lowest BCUT2D eigenvalue weighted by molar-refractivity contribution is -0.134. The van der Waals surface area contributed by atoms with Crippen LogP contribution < -0.4 is 10.6 Å². The Hall–Kier alpha value is -4.56. The quantitative estimate of drug-likeness (QED) is 0.143. The lowest BCUT2D eigenvalue weighted by Crippen LogP contribution is -2.58. The first kappa shape index (κ1) is 41.6. The van der Waals surface area contributed by atoms with Crippen molar-refractivity contribution in [3.63, 3.8) is 0 Å². The number of hydrogen-bond acceptors (Lipinski definition) is 11. The first-order valence-corrected chi connectivity index (χ1v) is 21.3. The Morgan fingerprint density at radius 3 is 2.48 bits per heavy atom. The number of imide groups is 2. The second-order valence-electron chi connectivity index (χ2n) is 16.7. The Balaban J connectivity index is 0.865. The van der Waals surface area contributed by atoms with Crippen LogP contribution in [-0.4, -0.2) is 113 Å². The number of piperidine rings is 1. The lowest BCUT2D eigenvalue weighted by Gasteiger charge is -2.44. The molecule has 58 heavy (non-hydrogen) atoms. The van der Waals surface area contributed by atoms with Crippen molar-refractivity contribution >= 4 is 69.8 Å². The van der Waals surface area contributed by atoms with E-state index in [0.29, 0.717) is 28.6 Å². The number of amides is 6. The van der Waals surface area contributed by atoms with Crippen LogP contribution in [0.3, 0.4) is 0 Å². The number of benzene rings is 1. The average molecular weight is 831 g/mol. The predicted octanol–water partition coefficient (Wildman–Crippen LogP) is 5.44. The molecule has 3 saturated heterocycles. The van der Waals surface area contributed by atoms with E-state index in [9.17, 15) is 24.0 Å². The maximum absolute atomic E-state index is 13.7. The number of halogens is 1. The molecule has 4 fully saturated rings.